The highest BCUT2D eigenvalue weighted by molar-refractivity contribution is 5.08. The molecule has 9 heavy (non-hydrogen) atoms. The van der Waals surface area contributed by atoms with Crippen molar-refractivity contribution in [3.63, 3.8) is 0 Å². The van der Waals surface area contributed by atoms with Crippen LogP contribution in [-0.4, -0.2) is 23.7 Å². The highest BCUT2D eigenvalue weighted by atomic mass is 19.3. The van der Waals surface area contributed by atoms with Crippen molar-refractivity contribution in [1.82, 2.24) is 0 Å². The second kappa shape index (κ2) is 1.88. The molecule has 0 bridgehead atoms. The Balaban J connectivity index is 2.38. The number of hydrogen-bond acceptors (Lipinski definition) is 2. The van der Waals surface area contributed by atoms with Gasteiger partial charge in [-0.1, -0.05) is 0 Å². The molecule has 1 fully saturated rings. The van der Waals surface area contributed by atoms with Crippen LogP contribution in [0.25, 0.3) is 0 Å². The Morgan fingerprint density at radius 2 is 2.33 bits per heavy atom. The van der Waals surface area contributed by atoms with Crippen LogP contribution in [0.5, 0.6) is 0 Å². The smallest absolute Gasteiger partial charge is 0.243 e. The fraction of sp³-hybridized carbons (Fsp3) is 1.00. The Hall–Kier alpha value is -0.220. The Morgan fingerprint density at radius 1 is 1.78 bits per heavy atom. The molecule has 0 radical (unpaired) electrons. The van der Waals surface area contributed by atoms with Gasteiger partial charge in [0, 0.05) is 11.5 Å². The quantitative estimate of drug-likeness (QED) is 0.561. The standard InChI is InChI=1S/C5H9F2NO/c6-4(7)3-1-5(3,8)2-9/h3-4,9H,1-2,8H2/t3-,5+/m0/s1. The molecule has 2 atom stereocenters. The Morgan fingerprint density at radius 3 is 2.44 bits per heavy atom. The number of aliphatic hydroxyl groups excluding tert-OH is 1. The van der Waals surface area contributed by atoms with E-state index in [0.29, 0.717) is 0 Å². The summed E-state index contributed by atoms with van der Waals surface area (Å²) in [7, 11) is 0. The van der Waals surface area contributed by atoms with E-state index >= 15 is 0 Å². The van der Waals surface area contributed by atoms with Gasteiger partial charge in [-0.2, -0.15) is 0 Å². The van der Waals surface area contributed by atoms with Crippen molar-refractivity contribution in [2.24, 2.45) is 11.7 Å². The van der Waals surface area contributed by atoms with E-state index in [4.69, 9.17) is 10.8 Å². The number of halogens is 2. The van der Waals surface area contributed by atoms with Crippen molar-refractivity contribution in [1.29, 1.82) is 0 Å². The Kier molecular flexibility index (Phi) is 1.44. The van der Waals surface area contributed by atoms with Gasteiger partial charge >= 0.3 is 0 Å². The van der Waals surface area contributed by atoms with Crippen LogP contribution in [0.15, 0.2) is 0 Å². The summed E-state index contributed by atoms with van der Waals surface area (Å²) in [6.45, 7) is -0.331. The van der Waals surface area contributed by atoms with Gasteiger partial charge in [-0.05, 0) is 6.42 Å². The molecule has 0 unspecified atom stereocenters. The molecule has 4 heteroatoms. The number of aliphatic hydroxyl groups is 1. The molecule has 1 aliphatic rings. The molecule has 0 aromatic heterocycles. The first kappa shape index (κ1) is 6.89. The largest absolute Gasteiger partial charge is 0.394 e. The number of alkyl halides is 2. The Labute approximate surface area is 51.7 Å². The monoisotopic (exact) mass is 137 g/mol. The summed E-state index contributed by atoms with van der Waals surface area (Å²) in [6.07, 6.45) is -2.12. The second-order valence-corrected chi connectivity index (χ2v) is 2.54. The van der Waals surface area contributed by atoms with Crippen molar-refractivity contribution >= 4 is 0 Å². The third-order valence-electron chi connectivity index (χ3n) is 1.78. The summed E-state index contributed by atoms with van der Waals surface area (Å²) in [5.74, 6) is -0.775. The van der Waals surface area contributed by atoms with Gasteiger partial charge in [0.2, 0.25) is 6.43 Å². The maximum atomic E-state index is 11.7. The van der Waals surface area contributed by atoms with Crippen molar-refractivity contribution in [3.8, 4) is 0 Å². The van der Waals surface area contributed by atoms with E-state index in [2.05, 4.69) is 0 Å². The van der Waals surface area contributed by atoms with Gasteiger partial charge in [-0.3, -0.25) is 0 Å². The normalized spacial score (nSPS) is 41.7. The van der Waals surface area contributed by atoms with E-state index in [-0.39, 0.29) is 13.0 Å². The second-order valence-electron chi connectivity index (χ2n) is 2.54. The van der Waals surface area contributed by atoms with Crippen LogP contribution in [0.3, 0.4) is 0 Å². The minimum Gasteiger partial charge on any atom is -0.394 e. The first-order valence-electron chi connectivity index (χ1n) is 2.78. The molecule has 1 saturated carbocycles. The molecule has 0 spiro atoms. The minimum atomic E-state index is -2.37. The zero-order valence-corrected chi connectivity index (χ0v) is 4.85. The lowest BCUT2D eigenvalue weighted by Crippen LogP contribution is -2.31. The Bertz CT molecular complexity index is 120. The first-order chi connectivity index (χ1) is 4.10. The molecule has 1 rings (SSSR count). The molecule has 0 aromatic rings. The molecule has 0 aromatic carbocycles. The van der Waals surface area contributed by atoms with Gasteiger partial charge < -0.3 is 10.8 Å². The maximum Gasteiger partial charge on any atom is 0.243 e. The van der Waals surface area contributed by atoms with Gasteiger partial charge in [0.1, 0.15) is 0 Å². The van der Waals surface area contributed by atoms with Crippen LogP contribution in [0, 0.1) is 5.92 Å². The predicted molar refractivity (Wildman–Crippen MR) is 28.1 cm³/mol. The lowest BCUT2D eigenvalue weighted by Gasteiger charge is -2.04. The van der Waals surface area contributed by atoms with Crippen LogP contribution >= 0.6 is 0 Å². The van der Waals surface area contributed by atoms with E-state index in [1.54, 1.807) is 0 Å². The van der Waals surface area contributed by atoms with Crippen molar-refractivity contribution < 1.29 is 13.9 Å². The van der Waals surface area contributed by atoms with Gasteiger partial charge in [0.05, 0.1) is 6.61 Å². The molecule has 0 heterocycles. The van der Waals surface area contributed by atoms with E-state index < -0.39 is 17.9 Å². The maximum absolute atomic E-state index is 11.7. The predicted octanol–water partition coefficient (Wildman–Crippen LogP) is -0.0388. The zero-order valence-electron chi connectivity index (χ0n) is 4.85. The summed E-state index contributed by atoms with van der Waals surface area (Å²) >= 11 is 0. The summed E-state index contributed by atoms with van der Waals surface area (Å²) in [6, 6.07) is 0. The zero-order chi connectivity index (χ0) is 7.07. The summed E-state index contributed by atoms with van der Waals surface area (Å²) in [5.41, 5.74) is 4.30. The molecular formula is C5H9F2NO. The number of hydrogen-bond donors (Lipinski definition) is 2. The van der Waals surface area contributed by atoms with Crippen LogP contribution in [0.2, 0.25) is 0 Å². The molecule has 1 aliphatic carbocycles. The van der Waals surface area contributed by atoms with Gasteiger partial charge in [-0.25, -0.2) is 8.78 Å². The summed E-state index contributed by atoms with van der Waals surface area (Å²) in [4.78, 5) is 0. The average molecular weight is 137 g/mol. The topological polar surface area (TPSA) is 46.2 Å². The van der Waals surface area contributed by atoms with Crippen LogP contribution in [0.4, 0.5) is 8.78 Å². The molecule has 0 amide bonds. The molecular weight excluding hydrogens is 128 g/mol. The first-order valence-corrected chi connectivity index (χ1v) is 2.78. The third kappa shape index (κ3) is 1.04. The summed E-state index contributed by atoms with van der Waals surface area (Å²) in [5, 5.41) is 8.43. The molecule has 0 aliphatic heterocycles. The van der Waals surface area contributed by atoms with Crippen LogP contribution in [0.1, 0.15) is 6.42 Å². The van der Waals surface area contributed by atoms with Crippen molar-refractivity contribution in [2.75, 3.05) is 6.61 Å². The van der Waals surface area contributed by atoms with Crippen molar-refractivity contribution in [2.45, 2.75) is 18.4 Å². The lowest BCUT2D eigenvalue weighted by molar-refractivity contribution is 0.103. The fourth-order valence-electron chi connectivity index (χ4n) is 0.872. The van der Waals surface area contributed by atoms with E-state index in [1.807, 2.05) is 0 Å². The highest BCUT2D eigenvalue weighted by Crippen LogP contribution is 2.44. The van der Waals surface area contributed by atoms with Gasteiger partial charge in [-0.15, -0.1) is 0 Å². The molecule has 54 valence electrons. The highest BCUT2D eigenvalue weighted by Gasteiger charge is 2.55. The van der Waals surface area contributed by atoms with E-state index in [9.17, 15) is 8.78 Å². The number of nitrogens with two attached hydrogens (primary N) is 1. The molecule has 2 nitrogen and oxygen atoms in total. The SMILES string of the molecule is N[C@@]1(CO)C[C@H]1C(F)F. The average Bonchev–Trinajstić information content (AvgIpc) is 2.44. The van der Waals surface area contributed by atoms with Crippen LogP contribution in [-0.2, 0) is 0 Å². The van der Waals surface area contributed by atoms with Crippen LogP contribution < -0.4 is 5.73 Å². The summed E-state index contributed by atoms with van der Waals surface area (Å²) < 4.78 is 23.4. The number of rotatable bonds is 2. The van der Waals surface area contributed by atoms with Crippen molar-refractivity contribution in [3.05, 3.63) is 0 Å². The fourth-order valence-corrected chi connectivity index (χ4v) is 0.872. The minimum absolute atomic E-state index is 0.251. The van der Waals surface area contributed by atoms with E-state index in [1.165, 1.54) is 0 Å². The molecule has 3 N–H and O–H groups in total. The molecule has 0 saturated heterocycles. The van der Waals surface area contributed by atoms with E-state index in [0.717, 1.165) is 0 Å². The van der Waals surface area contributed by atoms with Gasteiger partial charge in [0.15, 0.2) is 0 Å². The van der Waals surface area contributed by atoms with Gasteiger partial charge in [0.25, 0.3) is 0 Å². The lowest BCUT2D eigenvalue weighted by atomic mass is 10.2. The third-order valence-corrected chi connectivity index (χ3v) is 1.78.